The van der Waals surface area contributed by atoms with Crippen molar-refractivity contribution in [3.05, 3.63) is 29.8 Å². The monoisotopic (exact) mass is 252 g/mol. The van der Waals surface area contributed by atoms with Crippen LogP contribution in [0.2, 0.25) is 0 Å². The predicted molar refractivity (Wildman–Crippen MR) is 73.9 cm³/mol. The van der Waals surface area contributed by atoms with E-state index < -0.39 is 0 Å². The van der Waals surface area contributed by atoms with Crippen molar-refractivity contribution in [3.63, 3.8) is 0 Å². The lowest BCUT2D eigenvalue weighted by Crippen LogP contribution is -2.03. The van der Waals surface area contributed by atoms with Crippen LogP contribution in [0.5, 0.6) is 5.75 Å². The highest BCUT2D eigenvalue weighted by Crippen LogP contribution is 2.13. The van der Waals surface area contributed by atoms with Gasteiger partial charge in [-0.2, -0.15) is 0 Å². The minimum absolute atomic E-state index is 0. The Morgan fingerprint density at radius 1 is 1.17 bits per heavy atom. The number of ether oxygens (including phenoxy) is 2. The molecule has 3 nitrogen and oxygen atoms in total. The molecule has 0 radical (unpaired) electrons. The second-order valence-electron chi connectivity index (χ2n) is 3.86. The Labute approximate surface area is 110 Å². The average Bonchev–Trinajstić information content (AvgIpc) is 2.36. The molecule has 0 aliphatic rings. The normalized spacial score (nSPS) is 9.44. The third-order valence-electron chi connectivity index (χ3n) is 2.56. The van der Waals surface area contributed by atoms with Gasteiger partial charge in [0, 0.05) is 6.42 Å². The Morgan fingerprint density at radius 2 is 1.83 bits per heavy atom. The van der Waals surface area contributed by atoms with Gasteiger partial charge in [-0.3, -0.25) is 4.79 Å². The Bertz CT molecular complexity index is 330. The molecule has 0 heterocycles. The second kappa shape index (κ2) is 9.51. The number of carbonyl (C=O) groups excluding carboxylic acids is 1. The van der Waals surface area contributed by atoms with Gasteiger partial charge in [-0.1, -0.05) is 19.6 Å². The molecule has 0 amide bonds. The number of esters is 1. The van der Waals surface area contributed by atoms with E-state index in [4.69, 9.17) is 9.47 Å². The van der Waals surface area contributed by atoms with Crippen LogP contribution in [0, 0.1) is 0 Å². The standard InChI is InChI=1S/C14H20O3.CH4/c1-3-17-14(15)7-5-4-6-12-8-10-13(16-2)11-9-12;/h8-11H,3-7H2,1-2H3;1H4. The van der Waals surface area contributed by atoms with Crippen molar-refractivity contribution >= 4 is 5.97 Å². The molecule has 3 heteroatoms. The number of benzene rings is 1. The summed E-state index contributed by atoms with van der Waals surface area (Å²) in [5.41, 5.74) is 1.27. The van der Waals surface area contributed by atoms with Crippen LogP contribution in [-0.2, 0) is 16.0 Å². The lowest BCUT2D eigenvalue weighted by atomic mass is 10.1. The van der Waals surface area contributed by atoms with E-state index in [0.29, 0.717) is 13.0 Å². The molecule has 0 bridgehead atoms. The van der Waals surface area contributed by atoms with Gasteiger partial charge in [0.1, 0.15) is 5.75 Å². The molecule has 1 aromatic rings. The Kier molecular flexibility index (Phi) is 8.71. The van der Waals surface area contributed by atoms with Crippen molar-refractivity contribution in [3.8, 4) is 5.75 Å². The lowest BCUT2D eigenvalue weighted by Gasteiger charge is -2.04. The van der Waals surface area contributed by atoms with Crippen LogP contribution in [0.1, 0.15) is 39.2 Å². The summed E-state index contributed by atoms with van der Waals surface area (Å²) in [4.78, 5) is 11.1. The highest BCUT2D eigenvalue weighted by molar-refractivity contribution is 5.69. The largest absolute Gasteiger partial charge is 0.497 e. The summed E-state index contributed by atoms with van der Waals surface area (Å²) in [5.74, 6) is 0.780. The fourth-order valence-electron chi connectivity index (χ4n) is 1.62. The van der Waals surface area contributed by atoms with Crippen molar-refractivity contribution in [2.24, 2.45) is 0 Å². The van der Waals surface area contributed by atoms with Crippen LogP contribution >= 0.6 is 0 Å². The van der Waals surface area contributed by atoms with Gasteiger partial charge in [0.15, 0.2) is 0 Å². The molecular formula is C15H24O3. The van der Waals surface area contributed by atoms with Crippen molar-refractivity contribution < 1.29 is 14.3 Å². The summed E-state index contributed by atoms with van der Waals surface area (Å²) in [6.45, 7) is 2.30. The summed E-state index contributed by atoms with van der Waals surface area (Å²) in [7, 11) is 1.66. The van der Waals surface area contributed by atoms with E-state index >= 15 is 0 Å². The molecule has 0 atom stereocenters. The predicted octanol–water partition coefficient (Wildman–Crippen LogP) is 3.61. The van der Waals surface area contributed by atoms with Crippen molar-refractivity contribution in [2.75, 3.05) is 13.7 Å². The van der Waals surface area contributed by atoms with Gasteiger partial charge in [-0.05, 0) is 43.9 Å². The average molecular weight is 252 g/mol. The molecule has 0 N–H and O–H groups in total. The number of aryl methyl sites for hydroxylation is 1. The summed E-state index contributed by atoms with van der Waals surface area (Å²) in [5, 5.41) is 0. The van der Waals surface area contributed by atoms with Gasteiger partial charge >= 0.3 is 5.97 Å². The van der Waals surface area contributed by atoms with Crippen molar-refractivity contribution in [1.29, 1.82) is 0 Å². The number of hydrogen-bond acceptors (Lipinski definition) is 3. The van der Waals surface area contributed by atoms with Crippen molar-refractivity contribution in [1.82, 2.24) is 0 Å². The number of carbonyl (C=O) groups is 1. The first-order valence-corrected chi connectivity index (χ1v) is 6.04. The van der Waals surface area contributed by atoms with Crippen LogP contribution < -0.4 is 4.74 Å². The molecule has 18 heavy (non-hydrogen) atoms. The summed E-state index contributed by atoms with van der Waals surface area (Å²) in [6.07, 6.45) is 3.39. The summed E-state index contributed by atoms with van der Waals surface area (Å²) < 4.78 is 9.96. The number of hydrogen-bond donors (Lipinski definition) is 0. The van der Waals surface area contributed by atoms with E-state index in [2.05, 4.69) is 12.1 Å². The van der Waals surface area contributed by atoms with E-state index in [1.54, 1.807) is 7.11 Å². The zero-order valence-electron chi connectivity index (χ0n) is 10.6. The molecule has 0 aromatic heterocycles. The number of unbranched alkanes of at least 4 members (excludes halogenated alkanes) is 1. The first-order chi connectivity index (χ1) is 8.26. The topological polar surface area (TPSA) is 35.5 Å². The third-order valence-corrected chi connectivity index (χ3v) is 2.56. The van der Waals surface area contributed by atoms with E-state index in [-0.39, 0.29) is 13.4 Å². The zero-order chi connectivity index (χ0) is 12.5. The van der Waals surface area contributed by atoms with Crippen LogP contribution in [0.3, 0.4) is 0 Å². The highest BCUT2D eigenvalue weighted by atomic mass is 16.5. The molecule has 0 aliphatic heterocycles. The lowest BCUT2D eigenvalue weighted by molar-refractivity contribution is -0.143. The van der Waals surface area contributed by atoms with Crippen LogP contribution in [0.15, 0.2) is 24.3 Å². The first kappa shape index (κ1) is 16.5. The quantitative estimate of drug-likeness (QED) is 0.549. The maximum Gasteiger partial charge on any atom is 0.305 e. The molecule has 0 spiro atoms. The van der Waals surface area contributed by atoms with E-state index in [9.17, 15) is 4.79 Å². The van der Waals surface area contributed by atoms with Crippen molar-refractivity contribution in [2.45, 2.75) is 40.0 Å². The third kappa shape index (κ3) is 6.28. The zero-order valence-corrected chi connectivity index (χ0v) is 10.6. The van der Waals surface area contributed by atoms with Gasteiger partial charge in [-0.25, -0.2) is 0 Å². The molecule has 0 aliphatic carbocycles. The first-order valence-electron chi connectivity index (χ1n) is 6.04. The highest BCUT2D eigenvalue weighted by Gasteiger charge is 2.01. The van der Waals surface area contributed by atoms with Gasteiger partial charge in [-0.15, -0.1) is 0 Å². The number of rotatable bonds is 7. The molecule has 1 aromatic carbocycles. The number of methoxy groups -OCH3 is 1. The summed E-state index contributed by atoms with van der Waals surface area (Å²) >= 11 is 0. The van der Waals surface area contributed by atoms with Gasteiger partial charge in [0.2, 0.25) is 0 Å². The maximum atomic E-state index is 11.1. The van der Waals surface area contributed by atoms with Gasteiger partial charge < -0.3 is 9.47 Å². The SMILES string of the molecule is C.CCOC(=O)CCCCc1ccc(OC)cc1. The van der Waals surface area contributed by atoms with Gasteiger partial charge in [0.05, 0.1) is 13.7 Å². The second-order valence-corrected chi connectivity index (χ2v) is 3.86. The molecule has 0 unspecified atom stereocenters. The van der Waals surface area contributed by atoms with E-state index in [0.717, 1.165) is 25.0 Å². The Hall–Kier alpha value is -1.51. The van der Waals surface area contributed by atoms with Crippen LogP contribution in [0.25, 0.3) is 0 Å². The van der Waals surface area contributed by atoms with E-state index in [1.807, 2.05) is 19.1 Å². The molecule has 1 rings (SSSR count). The maximum absolute atomic E-state index is 11.1. The fourth-order valence-corrected chi connectivity index (χ4v) is 1.62. The Balaban J connectivity index is 0.00000289. The fraction of sp³-hybridized carbons (Fsp3) is 0.533. The smallest absolute Gasteiger partial charge is 0.305 e. The molecule has 102 valence electrons. The molecular weight excluding hydrogens is 228 g/mol. The Morgan fingerprint density at radius 3 is 2.39 bits per heavy atom. The molecule has 0 saturated carbocycles. The summed E-state index contributed by atoms with van der Waals surface area (Å²) in [6, 6.07) is 8.04. The van der Waals surface area contributed by atoms with Crippen LogP contribution in [0.4, 0.5) is 0 Å². The van der Waals surface area contributed by atoms with Crippen LogP contribution in [-0.4, -0.2) is 19.7 Å². The molecule has 0 fully saturated rings. The van der Waals surface area contributed by atoms with Gasteiger partial charge in [0.25, 0.3) is 0 Å². The minimum atomic E-state index is -0.0952. The minimum Gasteiger partial charge on any atom is -0.497 e. The molecule has 0 saturated heterocycles. The van der Waals surface area contributed by atoms with E-state index in [1.165, 1.54) is 5.56 Å².